The van der Waals surface area contributed by atoms with Crippen molar-refractivity contribution in [3.8, 4) is 17.3 Å². The Morgan fingerprint density at radius 3 is 2.62 bits per heavy atom. The molecule has 0 saturated carbocycles. The maximum atomic E-state index is 15.3. The number of hydrogen-bond acceptors (Lipinski definition) is 8. The van der Waals surface area contributed by atoms with Gasteiger partial charge in [0.1, 0.15) is 30.4 Å². The zero-order valence-electron chi connectivity index (χ0n) is 26.2. The van der Waals surface area contributed by atoms with Crippen LogP contribution in [0.4, 0.5) is 19.3 Å². The summed E-state index contributed by atoms with van der Waals surface area (Å²) in [5.74, 6) is -2.90. The number of esters is 1. The lowest BCUT2D eigenvalue weighted by molar-refractivity contribution is -0.727. The summed E-state index contributed by atoms with van der Waals surface area (Å²) in [7, 11) is 0. The number of anilines is 1. The summed E-state index contributed by atoms with van der Waals surface area (Å²) in [4.78, 5) is 24.6. The van der Waals surface area contributed by atoms with Crippen LogP contribution in [0.15, 0.2) is 78.7 Å². The Hall–Kier alpha value is -5.52. The van der Waals surface area contributed by atoms with Crippen molar-refractivity contribution in [1.29, 1.82) is 5.26 Å². The molecule has 3 aromatic carbocycles. The van der Waals surface area contributed by atoms with Crippen LogP contribution in [0.3, 0.4) is 0 Å². The van der Waals surface area contributed by atoms with Gasteiger partial charge >= 0.3 is 12.1 Å². The van der Waals surface area contributed by atoms with Gasteiger partial charge in [-0.05, 0) is 67.9 Å². The smallest absolute Gasteiger partial charge is 0.416 e. The van der Waals surface area contributed by atoms with Crippen LogP contribution in [0, 0.1) is 29.9 Å². The number of thiazole rings is 1. The number of nitrogens with one attached hydrogen (secondary N) is 2. The summed E-state index contributed by atoms with van der Waals surface area (Å²) >= 11 is 1.23. The molecule has 0 bridgehead atoms. The van der Waals surface area contributed by atoms with E-state index in [1.54, 1.807) is 53.3 Å². The molecule has 0 unspecified atom stereocenters. The molecule has 0 aliphatic carbocycles. The Bertz CT molecular complexity index is 1980. The lowest BCUT2D eigenvalue weighted by Crippen LogP contribution is -2.51. The number of halogens is 2. The molecule has 5 aromatic rings. The molecule has 48 heavy (non-hydrogen) atoms. The molecule has 246 valence electrons. The van der Waals surface area contributed by atoms with Crippen molar-refractivity contribution in [2.45, 2.75) is 52.2 Å². The Morgan fingerprint density at radius 1 is 1.17 bits per heavy atom. The quantitative estimate of drug-likeness (QED) is 0.130. The van der Waals surface area contributed by atoms with E-state index in [0.717, 1.165) is 23.8 Å². The zero-order valence-corrected chi connectivity index (χ0v) is 27.1. The number of H-pyrrole nitrogens is 1. The van der Waals surface area contributed by atoms with Crippen molar-refractivity contribution >= 4 is 29.1 Å². The van der Waals surface area contributed by atoms with Crippen LogP contribution in [0.25, 0.3) is 11.3 Å². The van der Waals surface area contributed by atoms with Crippen molar-refractivity contribution in [3.63, 3.8) is 0 Å². The highest BCUT2D eigenvalue weighted by molar-refractivity contribution is 7.09. The number of carbonyl (C=O) groups excluding carboxylic acids is 2. The standard InChI is InChI=1S/C34H30F2N6O5S/c1-21-5-4-6-30(27(21)15-46-23(3)43)40-33(44)47-20-42-31(25-9-7-24(14-37)8-10-25)16-48-32(42)22(2)34(45,17-41-18-38-39-19-41)28-13-26(35)11-12-29(28)36/h4-13,16,18-19,22,45H,15,17,20H2,1-3H3/p+2/t22-,34+/m0/s1. The third kappa shape index (κ3) is 7.38. The van der Waals surface area contributed by atoms with Gasteiger partial charge in [0.05, 0.1) is 28.6 Å². The second kappa shape index (κ2) is 14.5. The number of aryl methyl sites for hydroxylation is 1. The number of aromatic amines is 1. The lowest BCUT2D eigenvalue weighted by Gasteiger charge is -2.31. The maximum Gasteiger partial charge on any atom is 0.416 e. The van der Waals surface area contributed by atoms with E-state index in [2.05, 4.69) is 21.6 Å². The highest BCUT2D eigenvalue weighted by atomic mass is 32.1. The molecule has 0 radical (unpaired) electrons. The SMILES string of the molecule is CC(=O)OCc1c(C)cccc1NC(=O)OC[n+]1c(-c2ccc(C#N)cc2)csc1[C@H](C)[C@](O)(C[n+]1cn[nH]c1)c1cc(F)ccc1F. The largest absolute Gasteiger partial charge is 0.461 e. The molecule has 0 aliphatic heterocycles. The van der Waals surface area contributed by atoms with Crippen LogP contribution in [0.2, 0.25) is 0 Å². The molecular formula is C34H32F2N6O5S+2. The molecule has 0 saturated heterocycles. The van der Waals surface area contributed by atoms with E-state index in [0.29, 0.717) is 33.1 Å². The number of rotatable bonds is 11. The summed E-state index contributed by atoms with van der Waals surface area (Å²) in [5.41, 5.74) is 1.22. The third-order valence-electron chi connectivity index (χ3n) is 7.96. The molecule has 3 N–H and O–H groups in total. The minimum absolute atomic E-state index is 0.0503. The second-order valence-electron chi connectivity index (χ2n) is 11.1. The van der Waals surface area contributed by atoms with Gasteiger partial charge in [-0.25, -0.2) is 18.1 Å². The van der Waals surface area contributed by atoms with Gasteiger partial charge in [-0.2, -0.15) is 5.26 Å². The van der Waals surface area contributed by atoms with Crippen molar-refractivity contribution in [2.75, 3.05) is 5.32 Å². The van der Waals surface area contributed by atoms with Crippen LogP contribution in [0.5, 0.6) is 0 Å². The molecule has 0 aliphatic rings. The fraction of sp³-hybridized carbons (Fsp3) is 0.235. The minimum Gasteiger partial charge on any atom is -0.461 e. The van der Waals surface area contributed by atoms with Gasteiger partial charge in [0.15, 0.2) is 0 Å². The van der Waals surface area contributed by atoms with E-state index in [1.807, 2.05) is 13.0 Å². The van der Waals surface area contributed by atoms with Crippen molar-refractivity contribution in [1.82, 2.24) is 10.2 Å². The predicted molar refractivity (Wildman–Crippen MR) is 169 cm³/mol. The van der Waals surface area contributed by atoms with E-state index < -0.39 is 35.2 Å². The highest BCUT2D eigenvalue weighted by Gasteiger charge is 2.46. The first kappa shape index (κ1) is 33.8. The van der Waals surface area contributed by atoms with Crippen LogP contribution in [0.1, 0.15) is 47.0 Å². The summed E-state index contributed by atoms with van der Waals surface area (Å²) in [6.45, 7) is 4.19. The van der Waals surface area contributed by atoms with Gasteiger partial charge in [0.2, 0.25) is 17.0 Å². The van der Waals surface area contributed by atoms with Gasteiger partial charge < -0.3 is 14.6 Å². The van der Waals surface area contributed by atoms with Gasteiger partial charge in [-0.1, -0.05) is 23.5 Å². The van der Waals surface area contributed by atoms with Crippen LogP contribution in [-0.4, -0.2) is 27.4 Å². The Labute approximate surface area is 278 Å². The minimum atomic E-state index is -2.01. The first-order chi connectivity index (χ1) is 23.0. The molecule has 0 fully saturated rings. The summed E-state index contributed by atoms with van der Waals surface area (Å²) < 4.78 is 43.9. The van der Waals surface area contributed by atoms with E-state index in [-0.39, 0.29) is 25.4 Å². The maximum absolute atomic E-state index is 15.3. The molecule has 14 heteroatoms. The van der Waals surface area contributed by atoms with Gasteiger partial charge in [-0.15, -0.1) is 9.67 Å². The van der Waals surface area contributed by atoms with E-state index in [4.69, 9.17) is 9.47 Å². The number of nitrogens with zero attached hydrogens (tertiary/aromatic N) is 4. The van der Waals surface area contributed by atoms with Gasteiger partial charge in [0.25, 0.3) is 13.1 Å². The number of nitriles is 1. The van der Waals surface area contributed by atoms with Crippen LogP contribution in [-0.2, 0) is 39.8 Å². The molecule has 2 aromatic heterocycles. The molecular weight excluding hydrogens is 642 g/mol. The highest BCUT2D eigenvalue weighted by Crippen LogP contribution is 2.40. The molecule has 5 rings (SSSR count). The predicted octanol–water partition coefficient (Wildman–Crippen LogP) is 5.13. The third-order valence-corrected chi connectivity index (χ3v) is 9.12. The Kier molecular flexibility index (Phi) is 10.2. The normalized spacial score (nSPS) is 12.9. The van der Waals surface area contributed by atoms with Crippen molar-refractivity contribution < 1.29 is 42.1 Å². The van der Waals surface area contributed by atoms with Crippen LogP contribution >= 0.6 is 11.3 Å². The lowest BCUT2D eigenvalue weighted by atomic mass is 9.81. The number of benzene rings is 3. The Balaban J connectivity index is 1.52. The zero-order chi connectivity index (χ0) is 34.4. The number of ether oxygens (including phenoxy) is 2. The van der Waals surface area contributed by atoms with Gasteiger partial charge in [-0.3, -0.25) is 10.1 Å². The molecule has 2 heterocycles. The number of amides is 1. The number of carbonyl (C=O) groups is 2. The summed E-state index contributed by atoms with van der Waals surface area (Å²) in [6.07, 6.45) is 2.08. The number of aliphatic hydroxyl groups is 1. The number of hydrogen-bond donors (Lipinski definition) is 3. The molecule has 0 spiro atoms. The fourth-order valence-corrected chi connectivity index (χ4v) is 6.50. The average molecular weight is 675 g/mol. The second-order valence-corrected chi connectivity index (χ2v) is 12.0. The number of aromatic nitrogens is 4. The fourth-order valence-electron chi connectivity index (χ4n) is 5.33. The first-order valence-corrected chi connectivity index (χ1v) is 15.6. The summed E-state index contributed by atoms with van der Waals surface area (Å²) in [6, 6.07) is 16.9. The van der Waals surface area contributed by atoms with Gasteiger partial charge in [0, 0.05) is 28.7 Å². The van der Waals surface area contributed by atoms with E-state index in [1.165, 1.54) is 35.5 Å². The molecule has 1 amide bonds. The average Bonchev–Trinajstić information content (AvgIpc) is 3.74. The van der Waals surface area contributed by atoms with Crippen molar-refractivity contribution in [2.24, 2.45) is 0 Å². The molecule has 11 nitrogen and oxygen atoms in total. The summed E-state index contributed by atoms with van der Waals surface area (Å²) in [5, 5.41) is 33.1. The van der Waals surface area contributed by atoms with E-state index in [9.17, 15) is 24.3 Å². The Morgan fingerprint density at radius 2 is 1.94 bits per heavy atom. The monoisotopic (exact) mass is 674 g/mol. The molecule has 2 atom stereocenters. The van der Waals surface area contributed by atoms with E-state index >= 15 is 4.39 Å². The van der Waals surface area contributed by atoms with Crippen molar-refractivity contribution in [3.05, 3.63) is 118 Å². The first-order valence-electron chi connectivity index (χ1n) is 14.7. The van der Waals surface area contributed by atoms with Crippen LogP contribution < -0.4 is 14.5 Å². The topological polar surface area (TPSA) is 145 Å².